The van der Waals surface area contributed by atoms with Gasteiger partial charge >= 0.3 is 0 Å². The zero-order chi connectivity index (χ0) is 13.5. The van der Waals surface area contributed by atoms with Gasteiger partial charge in [-0.15, -0.1) is 0 Å². The lowest BCUT2D eigenvalue weighted by Gasteiger charge is -2.16. The molecule has 0 spiro atoms. The van der Waals surface area contributed by atoms with Crippen molar-refractivity contribution in [2.24, 2.45) is 0 Å². The predicted octanol–water partition coefficient (Wildman–Crippen LogP) is 3.93. The molecule has 0 saturated heterocycles. The molecule has 2 N–H and O–H groups in total. The van der Waals surface area contributed by atoms with Gasteiger partial charge in [0, 0.05) is 15.0 Å². The fourth-order valence-electron chi connectivity index (χ4n) is 1.61. The molecule has 1 aromatic rings. The summed E-state index contributed by atoms with van der Waals surface area (Å²) in [6, 6.07) is 6.07. The second-order valence-electron chi connectivity index (χ2n) is 4.03. The summed E-state index contributed by atoms with van der Waals surface area (Å²) < 4.78 is 1.87. The SMILES string of the molecule is CCC(CC)NC(=O)CNc1c(Br)cccc1Br. The van der Waals surface area contributed by atoms with E-state index in [1.165, 1.54) is 0 Å². The van der Waals surface area contributed by atoms with Crippen molar-refractivity contribution in [1.29, 1.82) is 0 Å². The highest BCUT2D eigenvalue weighted by atomic mass is 79.9. The number of para-hydroxylation sites is 1. The molecule has 0 aliphatic heterocycles. The Labute approximate surface area is 125 Å². The van der Waals surface area contributed by atoms with Crippen LogP contribution in [-0.2, 0) is 4.79 Å². The quantitative estimate of drug-likeness (QED) is 0.788. The van der Waals surface area contributed by atoms with Crippen LogP contribution in [0.15, 0.2) is 27.1 Å². The van der Waals surface area contributed by atoms with Gasteiger partial charge < -0.3 is 10.6 Å². The van der Waals surface area contributed by atoms with E-state index in [0.29, 0.717) is 0 Å². The average molecular weight is 378 g/mol. The van der Waals surface area contributed by atoms with Crippen LogP contribution in [0, 0.1) is 0 Å². The van der Waals surface area contributed by atoms with E-state index in [4.69, 9.17) is 0 Å². The second-order valence-corrected chi connectivity index (χ2v) is 5.74. The number of carbonyl (C=O) groups is 1. The van der Waals surface area contributed by atoms with E-state index in [0.717, 1.165) is 27.5 Å². The summed E-state index contributed by atoms with van der Waals surface area (Å²) in [4.78, 5) is 11.8. The Balaban J connectivity index is 2.52. The van der Waals surface area contributed by atoms with Crippen molar-refractivity contribution in [3.05, 3.63) is 27.1 Å². The maximum atomic E-state index is 11.8. The van der Waals surface area contributed by atoms with Gasteiger partial charge in [0.25, 0.3) is 0 Å². The number of amides is 1. The number of nitrogens with one attached hydrogen (secondary N) is 2. The lowest BCUT2D eigenvalue weighted by molar-refractivity contribution is -0.120. The van der Waals surface area contributed by atoms with E-state index in [-0.39, 0.29) is 18.5 Å². The van der Waals surface area contributed by atoms with E-state index < -0.39 is 0 Å². The van der Waals surface area contributed by atoms with E-state index in [1.807, 2.05) is 18.2 Å². The van der Waals surface area contributed by atoms with Crippen LogP contribution >= 0.6 is 31.9 Å². The van der Waals surface area contributed by atoms with Crippen LogP contribution in [0.4, 0.5) is 5.69 Å². The maximum absolute atomic E-state index is 11.8. The number of rotatable bonds is 6. The van der Waals surface area contributed by atoms with Gasteiger partial charge in [-0.05, 0) is 56.8 Å². The Kier molecular flexibility index (Phi) is 6.71. The summed E-state index contributed by atoms with van der Waals surface area (Å²) in [5, 5.41) is 6.12. The molecule has 0 unspecified atom stereocenters. The fraction of sp³-hybridized carbons (Fsp3) is 0.462. The second kappa shape index (κ2) is 7.79. The van der Waals surface area contributed by atoms with Crippen LogP contribution in [0.3, 0.4) is 0 Å². The summed E-state index contributed by atoms with van der Waals surface area (Å²) in [6.45, 7) is 4.43. The number of hydrogen-bond acceptors (Lipinski definition) is 2. The Morgan fingerprint density at radius 2 is 1.78 bits per heavy atom. The molecule has 0 aromatic heterocycles. The normalized spacial score (nSPS) is 10.5. The zero-order valence-electron chi connectivity index (χ0n) is 10.6. The monoisotopic (exact) mass is 376 g/mol. The van der Waals surface area contributed by atoms with E-state index in [1.54, 1.807) is 0 Å². The van der Waals surface area contributed by atoms with Gasteiger partial charge in [-0.1, -0.05) is 19.9 Å². The van der Waals surface area contributed by atoms with E-state index in [9.17, 15) is 4.79 Å². The Hall–Kier alpha value is -0.550. The molecule has 1 amide bonds. The smallest absolute Gasteiger partial charge is 0.239 e. The minimum absolute atomic E-state index is 0.0198. The van der Waals surface area contributed by atoms with Gasteiger partial charge in [0.2, 0.25) is 5.91 Å². The Bertz CT molecular complexity index is 386. The van der Waals surface area contributed by atoms with Crippen LogP contribution < -0.4 is 10.6 Å². The van der Waals surface area contributed by atoms with Crippen LogP contribution in [0.2, 0.25) is 0 Å². The maximum Gasteiger partial charge on any atom is 0.239 e. The number of halogens is 2. The van der Waals surface area contributed by atoms with Crippen molar-refractivity contribution in [3.63, 3.8) is 0 Å². The summed E-state index contributed by atoms with van der Waals surface area (Å²) in [7, 11) is 0. The molecule has 1 rings (SSSR count). The molecule has 3 nitrogen and oxygen atoms in total. The number of hydrogen-bond donors (Lipinski definition) is 2. The lowest BCUT2D eigenvalue weighted by Crippen LogP contribution is -2.37. The van der Waals surface area contributed by atoms with Gasteiger partial charge in [0.15, 0.2) is 0 Å². The van der Waals surface area contributed by atoms with Crippen molar-refractivity contribution in [2.75, 3.05) is 11.9 Å². The predicted molar refractivity (Wildman–Crippen MR) is 82.8 cm³/mol. The first-order valence-electron chi connectivity index (χ1n) is 6.05. The standard InChI is InChI=1S/C13H18Br2N2O/c1-3-9(4-2)17-12(18)8-16-13-10(14)6-5-7-11(13)15/h5-7,9,16H,3-4,8H2,1-2H3,(H,17,18). The first-order valence-corrected chi connectivity index (χ1v) is 7.64. The van der Waals surface area contributed by atoms with Crippen molar-refractivity contribution < 1.29 is 4.79 Å². The minimum Gasteiger partial charge on any atom is -0.374 e. The van der Waals surface area contributed by atoms with Gasteiger partial charge in [-0.3, -0.25) is 4.79 Å². The summed E-state index contributed by atoms with van der Waals surface area (Å²) >= 11 is 6.90. The Morgan fingerprint density at radius 1 is 1.22 bits per heavy atom. The minimum atomic E-state index is 0.0198. The number of anilines is 1. The Morgan fingerprint density at radius 3 is 2.28 bits per heavy atom. The third-order valence-corrected chi connectivity index (χ3v) is 4.06. The molecule has 0 fully saturated rings. The van der Waals surface area contributed by atoms with E-state index in [2.05, 4.69) is 56.3 Å². The highest BCUT2D eigenvalue weighted by Gasteiger charge is 2.09. The van der Waals surface area contributed by atoms with Crippen LogP contribution in [0.1, 0.15) is 26.7 Å². The fourth-order valence-corrected chi connectivity index (χ4v) is 2.89. The first kappa shape index (κ1) is 15.5. The van der Waals surface area contributed by atoms with Gasteiger partial charge in [-0.25, -0.2) is 0 Å². The number of carbonyl (C=O) groups excluding carboxylic acids is 1. The van der Waals surface area contributed by atoms with Crippen LogP contribution in [0.5, 0.6) is 0 Å². The third-order valence-electron chi connectivity index (χ3n) is 2.74. The third kappa shape index (κ3) is 4.61. The summed E-state index contributed by atoms with van der Waals surface area (Å²) in [5.74, 6) is 0.0198. The largest absolute Gasteiger partial charge is 0.374 e. The van der Waals surface area contributed by atoms with Gasteiger partial charge in [0.05, 0.1) is 12.2 Å². The molecule has 0 bridgehead atoms. The molecule has 1 aromatic carbocycles. The molecule has 0 radical (unpaired) electrons. The number of benzene rings is 1. The molecule has 0 heterocycles. The molecular formula is C13H18Br2N2O. The van der Waals surface area contributed by atoms with Gasteiger partial charge in [-0.2, -0.15) is 0 Å². The topological polar surface area (TPSA) is 41.1 Å². The van der Waals surface area contributed by atoms with Crippen molar-refractivity contribution in [2.45, 2.75) is 32.7 Å². The average Bonchev–Trinajstić information content (AvgIpc) is 2.35. The molecule has 0 aliphatic carbocycles. The molecule has 18 heavy (non-hydrogen) atoms. The molecule has 0 saturated carbocycles. The summed E-state index contributed by atoms with van der Waals surface area (Å²) in [6.07, 6.45) is 1.92. The summed E-state index contributed by atoms with van der Waals surface area (Å²) in [5.41, 5.74) is 0.900. The van der Waals surface area contributed by atoms with Crippen LogP contribution in [-0.4, -0.2) is 18.5 Å². The van der Waals surface area contributed by atoms with E-state index >= 15 is 0 Å². The zero-order valence-corrected chi connectivity index (χ0v) is 13.8. The van der Waals surface area contributed by atoms with Gasteiger partial charge in [0.1, 0.15) is 0 Å². The van der Waals surface area contributed by atoms with Crippen molar-refractivity contribution >= 4 is 43.5 Å². The van der Waals surface area contributed by atoms with Crippen LogP contribution in [0.25, 0.3) is 0 Å². The molecule has 5 heteroatoms. The molecule has 0 atom stereocenters. The van der Waals surface area contributed by atoms with Crippen molar-refractivity contribution in [3.8, 4) is 0 Å². The molecular weight excluding hydrogens is 360 g/mol. The highest BCUT2D eigenvalue weighted by molar-refractivity contribution is 9.11. The molecule has 100 valence electrons. The lowest BCUT2D eigenvalue weighted by atomic mass is 10.2. The van der Waals surface area contributed by atoms with Crippen molar-refractivity contribution in [1.82, 2.24) is 5.32 Å². The first-order chi connectivity index (χ1) is 8.58. The highest BCUT2D eigenvalue weighted by Crippen LogP contribution is 2.30. The molecule has 0 aliphatic rings.